The van der Waals surface area contributed by atoms with E-state index >= 15 is 0 Å². The normalized spacial score (nSPS) is 10.4. The first-order valence-corrected chi connectivity index (χ1v) is 9.14. The highest BCUT2D eigenvalue weighted by Crippen LogP contribution is 2.20. The third-order valence-corrected chi connectivity index (χ3v) is 3.90. The molecule has 0 aliphatic heterocycles. The van der Waals surface area contributed by atoms with Crippen molar-refractivity contribution in [3.63, 3.8) is 0 Å². The SMILES string of the molecule is CCOC(=O)CCc1ccc(OCCCNc2ncccn2)cc1CC. The van der Waals surface area contributed by atoms with Gasteiger partial charge in [-0.15, -0.1) is 0 Å². The predicted molar refractivity (Wildman–Crippen MR) is 101 cm³/mol. The Bertz CT molecular complexity index is 677. The van der Waals surface area contributed by atoms with E-state index in [4.69, 9.17) is 9.47 Å². The van der Waals surface area contributed by atoms with Gasteiger partial charge in [0.2, 0.25) is 5.95 Å². The lowest BCUT2D eigenvalue weighted by Crippen LogP contribution is -2.09. The standard InChI is InChI=1S/C20H27N3O3/c1-3-16-15-18(9-7-17(16)8-10-19(24)25-4-2)26-14-6-13-23-20-21-11-5-12-22-20/h5,7,9,11-12,15H,3-4,6,8,10,13-14H2,1-2H3,(H,21,22,23). The number of ether oxygens (including phenoxy) is 2. The van der Waals surface area contributed by atoms with Crippen LogP contribution in [0.4, 0.5) is 5.95 Å². The molecule has 0 saturated heterocycles. The molecule has 1 heterocycles. The third-order valence-electron chi connectivity index (χ3n) is 3.90. The molecule has 0 spiro atoms. The number of esters is 1. The summed E-state index contributed by atoms with van der Waals surface area (Å²) in [4.78, 5) is 19.8. The van der Waals surface area contributed by atoms with Crippen molar-refractivity contribution >= 4 is 11.9 Å². The second-order valence-corrected chi connectivity index (χ2v) is 5.79. The van der Waals surface area contributed by atoms with Crippen LogP contribution in [0.25, 0.3) is 0 Å². The first-order chi connectivity index (χ1) is 12.7. The largest absolute Gasteiger partial charge is 0.494 e. The maximum atomic E-state index is 11.5. The molecule has 1 N–H and O–H groups in total. The molecule has 6 nitrogen and oxygen atoms in total. The monoisotopic (exact) mass is 357 g/mol. The summed E-state index contributed by atoms with van der Waals surface area (Å²) in [5.74, 6) is 1.34. The van der Waals surface area contributed by atoms with Gasteiger partial charge < -0.3 is 14.8 Å². The molecule has 140 valence electrons. The van der Waals surface area contributed by atoms with E-state index in [0.717, 1.165) is 25.1 Å². The Hall–Kier alpha value is -2.63. The van der Waals surface area contributed by atoms with Crippen molar-refractivity contribution in [3.8, 4) is 5.75 Å². The van der Waals surface area contributed by atoms with Gasteiger partial charge in [-0.3, -0.25) is 4.79 Å². The maximum absolute atomic E-state index is 11.5. The number of carbonyl (C=O) groups is 1. The third kappa shape index (κ3) is 6.70. The summed E-state index contributed by atoms with van der Waals surface area (Å²) in [6.07, 6.45) is 6.29. The Labute approximate surface area is 155 Å². The second-order valence-electron chi connectivity index (χ2n) is 5.79. The van der Waals surface area contributed by atoms with E-state index < -0.39 is 0 Å². The van der Waals surface area contributed by atoms with Crippen molar-refractivity contribution in [2.75, 3.05) is 25.1 Å². The topological polar surface area (TPSA) is 73.3 Å². The van der Waals surface area contributed by atoms with Gasteiger partial charge in [0.15, 0.2) is 0 Å². The summed E-state index contributed by atoms with van der Waals surface area (Å²) in [6, 6.07) is 7.86. The molecule has 0 aliphatic rings. The summed E-state index contributed by atoms with van der Waals surface area (Å²) in [5, 5.41) is 3.15. The zero-order chi connectivity index (χ0) is 18.6. The van der Waals surface area contributed by atoms with Crippen molar-refractivity contribution in [1.82, 2.24) is 9.97 Å². The number of aromatic nitrogens is 2. The number of hydrogen-bond donors (Lipinski definition) is 1. The van der Waals surface area contributed by atoms with Gasteiger partial charge in [-0.2, -0.15) is 0 Å². The predicted octanol–water partition coefficient (Wildman–Crippen LogP) is 3.42. The number of rotatable bonds is 11. The summed E-state index contributed by atoms with van der Waals surface area (Å²) in [7, 11) is 0. The van der Waals surface area contributed by atoms with Crippen molar-refractivity contribution in [3.05, 3.63) is 47.8 Å². The highest BCUT2D eigenvalue weighted by molar-refractivity contribution is 5.69. The minimum Gasteiger partial charge on any atom is -0.494 e. The quantitative estimate of drug-likeness (QED) is 0.491. The first-order valence-electron chi connectivity index (χ1n) is 9.14. The number of anilines is 1. The lowest BCUT2D eigenvalue weighted by atomic mass is 10.0. The van der Waals surface area contributed by atoms with Crippen molar-refractivity contribution in [1.29, 1.82) is 0 Å². The minimum absolute atomic E-state index is 0.148. The Balaban J connectivity index is 1.76. The Morgan fingerprint density at radius 1 is 1.15 bits per heavy atom. The number of nitrogens with zero attached hydrogens (tertiary/aromatic N) is 2. The molecule has 2 rings (SSSR count). The van der Waals surface area contributed by atoms with Crippen LogP contribution in [0.3, 0.4) is 0 Å². The summed E-state index contributed by atoms with van der Waals surface area (Å²) < 4.78 is 10.8. The number of hydrogen-bond acceptors (Lipinski definition) is 6. The van der Waals surface area contributed by atoms with Gasteiger partial charge in [0.1, 0.15) is 5.75 Å². The van der Waals surface area contributed by atoms with E-state index in [-0.39, 0.29) is 5.97 Å². The molecular formula is C20H27N3O3. The van der Waals surface area contributed by atoms with Gasteiger partial charge in [-0.1, -0.05) is 13.0 Å². The number of carbonyl (C=O) groups excluding carboxylic acids is 1. The molecule has 2 aromatic rings. The zero-order valence-electron chi connectivity index (χ0n) is 15.5. The summed E-state index contributed by atoms with van der Waals surface area (Å²) >= 11 is 0. The van der Waals surface area contributed by atoms with E-state index in [1.54, 1.807) is 18.5 Å². The van der Waals surface area contributed by atoms with Crippen LogP contribution in [0.2, 0.25) is 0 Å². The Morgan fingerprint density at radius 3 is 2.69 bits per heavy atom. The molecule has 0 atom stereocenters. The average Bonchev–Trinajstić information content (AvgIpc) is 2.67. The Kier molecular flexibility index (Phi) is 8.39. The smallest absolute Gasteiger partial charge is 0.306 e. The molecule has 0 radical (unpaired) electrons. The summed E-state index contributed by atoms with van der Waals surface area (Å²) in [6.45, 7) is 5.73. The highest BCUT2D eigenvalue weighted by atomic mass is 16.5. The van der Waals surface area contributed by atoms with Crippen LogP contribution in [0.1, 0.15) is 37.8 Å². The van der Waals surface area contributed by atoms with E-state index in [9.17, 15) is 4.79 Å². The van der Waals surface area contributed by atoms with Crippen LogP contribution in [0.5, 0.6) is 5.75 Å². The first kappa shape index (κ1) is 19.7. The van der Waals surface area contributed by atoms with Crippen LogP contribution in [-0.2, 0) is 22.4 Å². The fourth-order valence-corrected chi connectivity index (χ4v) is 2.59. The molecule has 0 unspecified atom stereocenters. The van der Waals surface area contributed by atoms with E-state index in [2.05, 4.69) is 28.3 Å². The van der Waals surface area contributed by atoms with Gasteiger partial charge in [-0.05, 0) is 55.5 Å². The molecule has 0 fully saturated rings. The van der Waals surface area contributed by atoms with Crippen LogP contribution in [0.15, 0.2) is 36.7 Å². The minimum atomic E-state index is -0.148. The van der Waals surface area contributed by atoms with Crippen LogP contribution in [-0.4, -0.2) is 35.7 Å². The lowest BCUT2D eigenvalue weighted by Gasteiger charge is -2.12. The number of aryl methyl sites for hydroxylation is 2. The van der Waals surface area contributed by atoms with Gasteiger partial charge >= 0.3 is 5.97 Å². The molecule has 1 aromatic carbocycles. The van der Waals surface area contributed by atoms with Crippen LogP contribution in [0, 0.1) is 0 Å². The fourth-order valence-electron chi connectivity index (χ4n) is 2.59. The molecule has 0 amide bonds. The average molecular weight is 357 g/mol. The number of benzene rings is 1. The van der Waals surface area contributed by atoms with Crippen molar-refractivity contribution in [2.24, 2.45) is 0 Å². The molecule has 0 aliphatic carbocycles. The number of nitrogens with one attached hydrogen (secondary N) is 1. The highest BCUT2D eigenvalue weighted by Gasteiger charge is 2.07. The van der Waals surface area contributed by atoms with E-state index in [1.165, 1.54) is 11.1 Å². The fraction of sp³-hybridized carbons (Fsp3) is 0.450. The lowest BCUT2D eigenvalue weighted by molar-refractivity contribution is -0.143. The van der Waals surface area contributed by atoms with Crippen LogP contribution >= 0.6 is 0 Å². The Morgan fingerprint density at radius 2 is 1.96 bits per heavy atom. The molecule has 0 bridgehead atoms. The van der Waals surface area contributed by atoms with Gasteiger partial charge in [-0.25, -0.2) is 9.97 Å². The molecule has 6 heteroatoms. The molecular weight excluding hydrogens is 330 g/mol. The van der Waals surface area contributed by atoms with Gasteiger partial charge in [0, 0.05) is 25.4 Å². The summed E-state index contributed by atoms with van der Waals surface area (Å²) in [5.41, 5.74) is 2.39. The zero-order valence-corrected chi connectivity index (χ0v) is 15.5. The van der Waals surface area contributed by atoms with Crippen molar-refractivity contribution < 1.29 is 14.3 Å². The maximum Gasteiger partial charge on any atom is 0.306 e. The van der Waals surface area contributed by atoms with E-state index in [0.29, 0.717) is 32.0 Å². The van der Waals surface area contributed by atoms with Crippen LogP contribution < -0.4 is 10.1 Å². The van der Waals surface area contributed by atoms with Gasteiger partial charge in [0.25, 0.3) is 0 Å². The van der Waals surface area contributed by atoms with Crippen molar-refractivity contribution in [2.45, 2.75) is 39.5 Å². The molecule has 26 heavy (non-hydrogen) atoms. The molecule has 1 aromatic heterocycles. The van der Waals surface area contributed by atoms with Gasteiger partial charge in [0.05, 0.1) is 13.2 Å². The second kappa shape index (κ2) is 11.1. The molecule has 0 saturated carbocycles. The van der Waals surface area contributed by atoms with E-state index in [1.807, 2.05) is 19.1 Å².